The second kappa shape index (κ2) is 7.77. The molecule has 0 radical (unpaired) electrons. The van der Waals surface area contributed by atoms with Crippen molar-refractivity contribution >= 4 is 17.3 Å². The van der Waals surface area contributed by atoms with Crippen LogP contribution in [0.5, 0.6) is 0 Å². The molecule has 0 saturated heterocycles. The quantitative estimate of drug-likeness (QED) is 0.713. The van der Waals surface area contributed by atoms with E-state index in [4.69, 9.17) is 0 Å². The van der Waals surface area contributed by atoms with Crippen molar-refractivity contribution < 1.29 is 4.79 Å². The molecule has 0 spiro atoms. The van der Waals surface area contributed by atoms with Crippen molar-refractivity contribution in [2.45, 2.75) is 26.7 Å². The number of carbonyl (C=O) groups excluding carboxylic acids is 1. The predicted octanol–water partition coefficient (Wildman–Crippen LogP) is 3.14. The highest BCUT2D eigenvalue weighted by Gasteiger charge is 2.07. The molecule has 0 aliphatic carbocycles. The second-order valence-electron chi connectivity index (χ2n) is 6.43. The Labute approximate surface area is 152 Å². The van der Waals surface area contributed by atoms with Gasteiger partial charge in [-0.25, -0.2) is 4.68 Å². The zero-order chi connectivity index (χ0) is 18.5. The molecule has 1 aromatic heterocycles. The zero-order valence-electron chi connectivity index (χ0n) is 15.1. The number of rotatable bonds is 6. The number of aryl methyl sites for hydroxylation is 1. The van der Waals surface area contributed by atoms with Crippen molar-refractivity contribution in [1.29, 1.82) is 0 Å². The first kappa shape index (κ1) is 17.6. The molecule has 0 aliphatic heterocycles. The average Bonchev–Trinajstić information content (AvgIpc) is 3.16. The van der Waals surface area contributed by atoms with Gasteiger partial charge in [-0.2, -0.15) is 0 Å². The molecular formula is C19H22N6O. The fourth-order valence-electron chi connectivity index (χ4n) is 2.55. The minimum absolute atomic E-state index is 0.102. The summed E-state index contributed by atoms with van der Waals surface area (Å²) in [5, 5.41) is 17.2. The van der Waals surface area contributed by atoms with Gasteiger partial charge in [0.2, 0.25) is 5.91 Å². The third-order valence-electron chi connectivity index (χ3n) is 4.14. The van der Waals surface area contributed by atoms with Gasteiger partial charge >= 0.3 is 0 Å². The first-order valence-electron chi connectivity index (χ1n) is 8.50. The first-order valence-corrected chi connectivity index (χ1v) is 8.50. The number of amides is 1. The maximum absolute atomic E-state index is 12.2. The summed E-state index contributed by atoms with van der Waals surface area (Å²) in [4.78, 5) is 12.2. The van der Waals surface area contributed by atoms with Gasteiger partial charge in [0, 0.05) is 11.4 Å². The summed E-state index contributed by atoms with van der Waals surface area (Å²) in [5.41, 5.74) is 4.77. The Hall–Kier alpha value is -3.22. The van der Waals surface area contributed by atoms with Gasteiger partial charge in [0.25, 0.3) is 0 Å². The lowest BCUT2D eigenvalue weighted by Crippen LogP contribution is -2.22. The fourth-order valence-corrected chi connectivity index (χ4v) is 2.55. The van der Waals surface area contributed by atoms with Gasteiger partial charge in [-0.05, 0) is 58.7 Å². The Morgan fingerprint density at radius 3 is 2.58 bits per heavy atom. The molecule has 1 heterocycles. The van der Waals surface area contributed by atoms with Crippen LogP contribution in [-0.4, -0.2) is 32.7 Å². The van der Waals surface area contributed by atoms with Gasteiger partial charge in [-0.1, -0.05) is 32.0 Å². The van der Waals surface area contributed by atoms with Crippen LogP contribution in [0.4, 0.5) is 11.4 Å². The lowest BCUT2D eigenvalue weighted by Gasteiger charge is -2.12. The number of nitrogens with zero attached hydrogens (tertiary/aromatic N) is 4. The van der Waals surface area contributed by atoms with E-state index < -0.39 is 0 Å². The largest absolute Gasteiger partial charge is 0.376 e. The molecule has 7 heteroatoms. The van der Waals surface area contributed by atoms with E-state index in [9.17, 15) is 4.79 Å². The zero-order valence-corrected chi connectivity index (χ0v) is 15.1. The summed E-state index contributed by atoms with van der Waals surface area (Å²) in [6, 6.07) is 13.7. The number of hydrogen-bond donors (Lipinski definition) is 2. The van der Waals surface area contributed by atoms with Gasteiger partial charge in [-0.3, -0.25) is 4.79 Å². The number of tetrazole rings is 1. The molecule has 0 unspecified atom stereocenters. The van der Waals surface area contributed by atoms with Crippen molar-refractivity contribution in [2.75, 3.05) is 17.2 Å². The van der Waals surface area contributed by atoms with Crippen LogP contribution in [0.1, 0.15) is 30.9 Å². The van der Waals surface area contributed by atoms with E-state index in [0.29, 0.717) is 5.92 Å². The van der Waals surface area contributed by atoms with Crippen LogP contribution in [0.3, 0.4) is 0 Å². The van der Waals surface area contributed by atoms with Crippen LogP contribution >= 0.6 is 0 Å². The number of anilines is 2. The predicted molar refractivity (Wildman–Crippen MR) is 102 cm³/mol. The highest BCUT2D eigenvalue weighted by Crippen LogP contribution is 2.19. The second-order valence-corrected chi connectivity index (χ2v) is 6.43. The normalized spacial score (nSPS) is 10.8. The van der Waals surface area contributed by atoms with Crippen LogP contribution in [0.15, 0.2) is 48.8 Å². The topological polar surface area (TPSA) is 84.7 Å². The molecular weight excluding hydrogens is 328 g/mol. The van der Waals surface area contributed by atoms with Crippen molar-refractivity contribution in [3.05, 3.63) is 59.9 Å². The molecule has 2 aromatic carbocycles. The number of hydrogen-bond acceptors (Lipinski definition) is 5. The summed E-state index contributed by atoms with van der Waals surface area (Å²) < 4.78 is 1.57. The van der Waals surface area contributed by atoms with Crippen LogP contribution in [-0.2, 0) is 4.79 Å². The lowest BCUT2D eigenvalue weighted by molar-refractivity contribution is -0.114. The summed E-state index contributed by atoms with van der Waals surface area (Å²) in [6.45, 7) is 6.44. The Kier molecular flexibility index (Phi) is 5.26. The maximum atomic E-state index is 12.2. The van der Waals surface area contributed by atoms with E-state index in [1.807, 2.05) is 49.4 Å². The molecule has 134 valence electrons. The van der Waals surface area contributed by atoms with Crippen LogP contribution < -0.4 is 10.6 Å². The van der Waals surface area contributed by atoms with Crippen LogP contribution in [0.25, 0.3) is 5.69 Å². The smallest absolute Gasteiger partial charge is 0.243 e. The SMILES string of the molecule is Cc1ccc(-n2cnnn2)cc1NCC(=O)Nc1ccc(C(C)C)cc1. The molecule has 3 rings (SSSR count). The average molecular weight is 350 g/mol. The summed E-state index contributed by atoms with van der Waals surface area (Å²) >= 11 is 0. The Bertz CT molecular complexity index is 872. The summed E-state index contributed by atoms with van der Waals surface area (Å²) in [7, 11) is 0. The third-order valence-corrected chi connectivity index (χ3v) is 4.14. The van der Waals surface area contributed by atoms with Crippen LogP contribution in [0.2, 0.25) is 0 Å². The summed E-state index contributed by atoms with van der Waals surface area (Å²) in [5.74, 6) is 0.367. The lowest BCUT2D eigenvalue weighted by atomic mass is 10.0. The molecule has 0 fully saturated rings. The standard InChI is InChI=1S/C19H22N6O/c1-13(2)15-5-7-16(8-6-15)22-19(26)11-20-18-10-17(9-4-14(18)3)25-12-21-23-24-25/h4-10,12-13,20H,11H2,1-3H3,(H,22,26). The first-order chi connectivity index (χ1) is 12.5. The number of carbonyl (C=O) groups is 1. The molecule has 0 aliphatic rings. The summed E-state index contributed by atoms with van der Waals surface area (Å²) in [6.07, 6.45) is 1.53. The van der Waals surface area contributed by atoms with Gasteiger partial charge < -0.3 is 10.6 Å². The van der Waals surface area contributed by atoms with E-state index in [1.54, 1.807) is 4.68 Å². The molecule has 3 aromatic rings. The number of benzene rings is 2. The van der Waals surface area contributed by atoms with Gasteiger partial charge in [0.05, 0.1) is 12.2 Å². The third kappa shape index (κ3) is 4.24. The monoisotopic (exact) mass is 350 g/mol. The Morgan fingerprint density at radius 2 is 1.92 bits per heavy atom. The minimum Gasteiger partial charge on any atom is -0.376 e. The molecule has 0 saturated carbocycles. The molecule has 0 bridgehead atoms. The highest BCUT2D eigenvalue weighted by molar-refractivity contribution is 5.93. The van der Waals surface area contributed by atoms with E-state index in [0.717, 1.165) is 22.6 Å². The van der Waals surface area contributed by atoms with Gasteiger partial charge in [-0.15, -0.1) is 5.10 Å². The van der Waals surface area contributed by atoms with E-state index in [2.05, 4.69) is 40.0 Å². The Morgan fingerprint density at radius 1 is 1.15 bits per heavy atom. The van der Waals surface area contributed by atoms with E-state index in [1.165, 1.54) is 11.9 Å². The number of aromatic nitrogens is 4. The highest BCUT2D eigenvalue weighted by atomic mass is 16.1. The molecule has 2 N–H and O–H groups in total. The fraction of sp³-hybridized carbons (Fsp3) is 0.263. The van der Waals surface area contributed by atoms with Crippen molar-refractivity contribution in [1.82, 2.24) is 20.2 Å². The molecule has 0 atom stereocenters. The van der Waals surface area contributed by atoms with E-state index >= 15 is 0 Å². The number of nitrogens with one attached hydrogen (secondary N) is 2. The van der Waals surface area contributed by atoms with Crippen molar-refractivity contribution in [2.24, 2.45) is 0 Å². The Balaban J connectivity index is 1.61. The molecule has 1 amide bonds. The minimum atomic E-state index is -0.102. The molecule has 26 heavy (non-hydrogen) atoms. The van der Waals surface area contributed by atoms with Crippen LogP contribution in [0, 0.1) is 6.92 Å². The van der Waals surface area contributed by atoms with Gasteiger partial charge in [0.15, 0.2) is 0 Å². The maximum Gasteiger partial charge on any atom is 0.243 e. The van der Waals surface area contributed by atoms with Crippen molar-refractivity contribution in [3.63, 3.8) is 0 Å². The van der Waals surface area contributed by atoms with E-state index in [-0.39, 0.29) is 12.5 Å². The van der Waals surface area contributed by atoms with Crippen molar-refractivity contribution in [3.8, 4) is 5.69 Å². The molecule has 7 nitrogen and oxygen atoms in total. The van der Waals surface area contributed by atoms with Gasteiger partial charge in [0.1, 0.15) is 6.33 Å².